The Hall–Kier alpha value is -1.64. The third-order valence-corrected chi connectivity index (χ3v) is 7.86. The molecular weight excluding hydrogens is 376 g/mol. The van der Waals surface area contributed by atoms with Crippen molar-refractivity contribution in [3.63, 3.8) is 0 Å². The number of hydrogen-bond donors (Lipinski definition) is 0. The van der Waals surface area contributed by atoms with Crippen LogP contribution in [0.1, 0.15) is 99.6 Å². The highest BCUT2D eigenvalue weighted by Gasteiger charge is 2.24. The van der Waals surface area contributed by atoms with E-state index in [-0.39, 0.29) is 0 Å². The molecule has 0 amide bonds. The van der Waals surface area contributed by atoms with E-state index in [1.165, 1.54) is 42.5 Å². The highest BCUT2D eigenvalue weighted by molar-refractivity contribution is 5.37. The molecule has 0 bridgehead atoms. The van der Waals surface area contributed by atoms with Gasteiger partial charge in [0.1, 0.15) is 0 Å². The molecule has 2 aromatic carbocycles. The van der Waals surface area contributed by atoms with Crippen LogP contribution in [0.15, 0.2) is 36.4 Å². The van der Waals surface area contributed by atoms with Gasteiger partial charge in [0.2, 0.25) is 0 Å². The molecule has 2 nitrogen and oxygen atoms in total. The van der Waals surface area contributed by atoms with Crippen molar-refractivity contribution in [3.05, 3.63) is 69.8 Å². The minimum absolute atomic E-state index is 0.622. The van der Waals surface area contributed by atoms with Crippen molar-refractivity contribution in [2.24, 2.45) is 0 Å². The summed E-state index contributed by atoms with van der Waals surface area (Å²) in [4.78, 5) is 5.27. The van der Waals surface area contributed by atoms with Gasteiger partial charge in [-0.3, -0.25) is 9.80 Å². The van der Waals surface area contributed by atoms with Crippen LogP contribution in [0.25, 0.3) is 0 Å². The average Bonchev–Trinajstić information content (AvgIpc) is 3.20. The molecule has 2 aliphatic heterocycles. The van der Waals surface area contributed by atoms with Gasteiger partial charge in [-0.15, -0.1) is 0 Å². The van der Waals surface area contributed by atoms with Gasteiger partial charge in [0, 0.05) is 38.3 Å². The maximum Gasteiger partial charge on any atom is 0.0243 e. The number of nitrogens with zero attached hydrogens (tertiary/aromatic N) is 2. The number of hydrogen-bond acceptors (Lipinski definition) is 2. The fourth-order valence-corrected chi connectivity index (χ4v) is 5.28. The van der Waals surface area contributed by atoms with E-state index in [2.05, 4.69) is 87.7 Å². The van der Waals surface area contributed by atoms with E-state index in [9.17, 15) is 0 Å². The Morgan fingerprint density at radius 1 is 0.677 bits per heavy atom. The number of rotatable bonds is 7. The standard InChI is InChI=1S/C29H42N2/c1-20(2)24-9-11-27-17-30(14-13-26(27)15-24)23(6)8-7-22(5)25-10-12-28-18-31(21(3)4)19-29(28)16-25/h9-12,15-16,20-23H,7-8,13-14,17-19H2,1-6H3. The fraction of sp³-hybridized carbons (Fsp3) is 0.586. The zero-order valence-electron chi connectivity index (χ0n) is 20.6. The molecule has 2 atom stereocenters. The van der Waals surface area contributed by atoms with E-state index >= 15 is 0 Å². The van der Waals surface area contributed by atoms with Crippen LogP contribution < -0.4 is 0 Å². The van der Waals surface area contributed by atoms with Crippen molar-refractivity contribution >= 4 is 0 Å². The Balaban J connectivity index is 1.32. The zero-order valence-corrected chi connectivity index (χ0v) is 20.6. The second kappa shape index (κ2) is 9.46. The predicted octanol–water partition coefficient (Wildman–Crippen LogP) is 6.86. The van der Waals surface area contributed by atoms with Crippen molar-refractivity contribution in [1.82, 2.24) is 9.80 Å². The first-order valence-electron chi connectivity index (χ1n) is 12.5. The normalized spacial score (nSPS) is 19.0. The Morgan fingerprint density at radius 3 is 2.00 bits per heavy atom. The first-order valence-corrected chi connectivity index (χ1v) is 12.5. The van der Waals surface area contributed by atoms with Crippen LogP contribution in [0.4, 0.5) is 0 Å². The van der Waals surface area contributed by atoms with Gasteiger partial charge in [-0.05, 0) is 85.3 Å². The van der Waals surface area contributed by atoms with E-state index in [1.807, 2.05) is 0 Å². The summed E-state index contributed by atoms with van der Waals surface area (Å²) in [6.45, 7) is 18.6. The van der Waals surface area contributed by atoms with E-state index in [0.717, 1.165) is 19.6 Å². The molecule has 168 valence electrons. The predicted molar refractivity (Wildman–Crippen MR) is 133 cm³/mol. The SMILES string of the molecule is CC(C)c1ccc2c(c1)CCN(C(C)CCC(C)c1ccc3c(c1)CN(C(C)C)C3)C2. The summed E-state index contributed by atoms with van der Waals surface area (Å²) in [5.74, 6) is 1.25. The van der Waals surface area contributed by atoms with Crippen LogP contribution in [-0.2, 0) is 26.1 Å². The van der Waals surface area contributed by atoms with Crippen molar-refractivity contribution in [1.29, 1.82) is 0 Å². The molecule has 0 saturated carbocycles. The molecule has 0 spiro atoms. The smallest absolute Gasteiger partial charge is 0.0243 e. The lowest BCUT2D eigenvalue weighted by atomic mass is 9.90. The molecule has 4 rings (SSSR count). The van der Waals surface area contributed by atoms with Gasteiger partial charge in [0.25, 0.3) is 0 Å². The molecular formula is C29H42N2. The molecule has 0 aromatic heterocycles. The lowest BCUT2D eigenvalue weighted by Gasteiger charge is -2.34. The van der Waals surface area contributed by atoms with Gasteiger partial charge in [-0.25, -0.2) is 0 Å². The van der Waals surface area contributed by atoms with Crippen molar-refractivity contribution in [2.45, 2.75) is 104 Å². The largest absolute Gasteiger partial charge is 0.296 e. The first-order chi connectivity index (χ1) is 14.8. The molecule has 2 aromatic rings. The van der Waals surface area contributed by atoms with E-state index in [4.69, 9.17) is 0 Å². The van der Waals surface area contributed by atoms with Crippen molar-refractivity contribution < 1.29 is 0 Å². The van der Waals surface area contributed by atoms with Crippen LogP contribution in [0.5, 0.6) is 0 Å². The van der Waals surface area contributed by atoms with Crippen LogP contribution in [-0.4, -0.2) is 28.4 Å². The Morgan fingerprint density at radius 2 is 1.29 bits per heavy atom. The molecule has 2 unspecified atom stereocenters. The second-order valence-corrected chi connectivity index (χ2v) is 10.8. The van der Waals surface area contributed by atoms with Gasteiger partial charge < -0.3 is 0 Å². The molecule has 2 heteroatoms. The lowest BCUT2D eigenvalue weighted by molar-refractivity contribution is 0.178. The van der Waals surface area contributed by atoms with Gasteiger partial charge in [0.05, 0.1) is 0 Å². The Kier molecular flexibility index (Phi) is 6.89. The van der Waals surface area contributed by atoms with Gasteiger partial charge in [0.15, 0.2) is 0 Å². The van der Waals surface area contributed by atoms with Crippen LogP contribution in [0.2, 0.25) is 0 Å². The molecule has 0 aliphatic carbocycles. The fourth-order valence-electron chi connectivity index (χ4n) is 5.28. The molecule has 2 aliphatic rings. The second-order valence-electron chi connectivity index (χ2n) is 10.8. The Labute approximate surface area is 190 Å². The molecule has 2 heterocycles. The summed E-state index contributed by atoms with van der Waals surface area (Å²) in [5, 5.41) is 0. The maximum absolute atomic E-state index is 2.70. The van der Waals surface area contributed by atoms with Crippen molar-refractivity contribution in [3.8, 4) is 0 Å². The summed E-state index contributed by atoms with van der Waals surface area (Å²) >= 11 is 0. The van der Waals surface area contributed by atoms with E-state index in [1.54, 1.807) is 16.7 Å². The van der Waals surface area contributed by atoms with Crippen LogP contribution in [0, 0.1) is 0 Å². The Bertz CT molecular complexity index is 898. The number of benzene rings is 2. The average molecular weight is 419 g/mol. The minimum Gasteiger partial charge on any atom is -0.296 e. The number of fused-ring (bicyclic) bond motifs is 2. The zero-order chi connectivity index (χ0) is 22.1. The molecule has 0 radical (unpaired) electrons. The summed E-state index contributed by atoms with van der Waals surface area (Å²) < 4.78 is 0. The lowest BCUT2D eigenvalue weighted by Crippen LogP contribution is -2.37. The van der Waals surface area contributed by atoms with E-state index in [0.29, 0.717) is 23.9 Å². The molecule has 31 heavy (non-hydrogen) atoms. The third-order valence-electron chi connectivity index (χ3n) is 7.86. The van der Waals surface area contributed by atoms with Crippen LogP contribution >= 0.6 is 0 Å². The molecule has 0 N–H and O–H groups in total. The molecule has 0 saturated heterocycles. The monoisotopic (exact) mass is 418 g/mol. The topological polar surface area (TPSA) is 6.48 Å². The summed E-state index contributed by atoms with van der Waals surface area (Å²) in [6.07, 6.45) is 3.74. The third kappa shape index (κ3) is 5.07. The van der Waals surface area contributed by atoms with Gasteiger partial charge >= 0.3 is 0 Å². The summed E-state index contributed by atoms with van der Waals surface area (Å²) in [7, 11) is 0. The van der Waals surface area contributed by atoms with Gasteiger partial charge in [-0.2, -0.15) is 0 Å². The summed E-state index contributed by atoms with van der Waals surface area (Å²) in [5.41, 5.74) is 9.23. The van der Waals surface area contributed by atoms with Crippen molar-refractivity contribution in [2.75, 3.05) is 6.54 Å². The van der Waals surface area contributed by atoms with Crippen LogP contribution in [0.3, 0.4) is 0 Å². The highest BCUT2D eigenvalue weighted by atomic mass is 15.2. The minimum atomic E-state index is 0.622. The first kappa shape index (κ1) is 22.6. The molecule has 0 fully saturated rings. The van der Waals surface area contributed by atoms with E-state index < -0.39 is 0 Å². The quantitative estimate of drug-likeness (QED) is 0.484. The highest BCUT2D eigenvalue weighted by Crippen LogP contribution is 2.31. The van der Waals surface area contributed by atoms with Gasteiger partial charge in [-0.1, -0.05) is 57.2 Å². The maximum atomic E-state index is 2.70. The summed E-state index contributed by atoms with van der Waals surface area (Å²) in [6, 6.07) is 15.7.